The van der Waals surface area contributed by atoms with Crippen molar-refractivity contribution in [3.05, 3.63) is 11.9 Å². The van der Waals surface area contributed by atoms with Crippen LogP contribution in [0.2, 0.25) is 0 Å². The second kappa shape index (κ2) is 2.86. The third-order valence-corrected chi connectivity index (χ3v) is 2.61. The van der Waals surface area contributed by atoms with Crippen LogP contribution in [0.3, 0.4) is 0 Å². The highest BCUT2D eigenvalue weighted by Crippen LogP contribution is 2.33. The molecular formula is C8H13N3O. The van der Waals surface area contributed by atoms with Crippen LogP contribution in [0.25, 0.3) is 0 Å². The molecule has 1 aromatic heterocycles. The smallest absolute Gasteiger partial charge is 0.0728 e. The maximum absolute atomic E-state index is 9.62. The molecule has 1 aliphatic carbocycles. The van der Waals surface area contributed by atoms with Crippen molar-refractivity contribution < 1.29 is 5.11 Å². The van der Waals surface area contributed by atoms with Gasteiger partial charge in [-0.2, -0.15) is 0 Å². The molecule has 0 radical (unpaired) electrons. The van der Waals surface area contributed by atoms with Gasteiger partial charge in [-0.25, -0.2) is 0 Å². The van der Waals surface area contributed by atoms with E-state index in [4.69, 9.17) is 0 Å². The van der Waals surface area contributed by atoms with E-state index in [1.54, 1.807) is 10.9 Å². The molecule has 0 spiro atoms. The summed E-state index contributed by atoms with van der Waals surface area (Å²) in [5, 5.41) is 17.3. The number of aryl methyl sites for hydroxylation is 1. The van der Waals surface area contributed by atoms with E-state index in [1.807, 2.05) is 7.05 Å². The number of hydrogen-bond donors (Lipinski definition) is 1. The molecule has 0 aromatic carbocycles. The molecule has 0 aliphatic heterocycles. The van der Waals surface area contributed by atoms with Crippen LogP contribution < -0.4 is 0 Å². The van der Waals surface area contributed by atoms with Gasteiger partial charge in [-0.15, -0.1) is 5.10 Å². The third-order valence-electron chi connectivity index (χ3n) is 2.61. The van der Waals surface area contributed by atoms with Crippen LogP contribution in [0.1, 0.15) is 30.9 Å². The molecule has 1 saturated carbocycles. The molecule has 2 rings (SSSR count). The molecule has 2 atom stereocenters. The van der Waals surface area contributed by atoms with E-state index >= 15 is 0 Å². The Kier molecular flexibility index (Phi) is 1.84. The van der Waals surface area contributed by atoms with E-state index in [9.17, 15) is 5.11 Å². The van der Waals surface area contributed by atoms with Gasteiger partial charge in [0.1, 0.15) is 0 Å². The summed E-state index contributed by atoms with van der Waals surface area (Å²) in [6.45, 7) is 0. The molecule has 12 heavy (non-hydrogen) atoms. The maximum atomic E-state index is 9.62. The van der Waals surface area contributed by atoms with Crippen molar-refractivity contribution in [1.29, 1.82) is 0 Å². The number of hydrogen-bond acceptors (Lipinski definition) is 3. The lowest BCUT2D eigenvalue weighted by Gasteiger charge is -2.12. The third kappa shape index (κ3) is 1.12. The van der Waals surface area contributed by atoms with Crippen molar-refractivity contribution in [1.82, 2.24) is 15.0 Å². The van der Waals surface area contributed by atoms with Crippen LogP contribution in [-0.2, 0) is 7.05 Å². The predicted molar refractivity (Wildman–Crippen MR) is 43.6 cm³/mol. The Morgan fingerprint density at radius 1 is 1.58 bits per heavy atom. The van der Waals surface area contributed by atoms with E-state index in [-0.39, 0.29) is 12.0 Å². The molecule has 1 fully saturated rings. The van der Waals surface area contributed by atoms with E-state index in [1.165, 1.54) is 0 Å². The molecule has 0 amide bonds. The number of aliphatic hydroxyl groups excluding tert-OH is 1. The Labute approximate surface area is 71.2 Å². The molecule has 1 heterocycles. The predicted octanol–water partition coefficient (Wildman–Crippen LogP) is 0.443. The largest absolute Gasteiger partial charge is 0.392 e. The van der Waals surface area contributed by atoms with E-state index in [0.29, 0.717) is 0 Å². The second-order valence-electron chi connectivity index (χ2n) is 3.39. The zero-order chi connectivity index (χ0) is 8.55. The first kappa shape index (κ1) is 7.73. The van der Waals surface area contributed by atoms with Crippen LogP contribution in [0.15, 0.2) is 6.20 Å². The van der Waals surface area contributed by atoms with Gasteiger partial charge in [-0.05, 0) is 12.8 Å². The van der Waals surface area contributed by atoms with Crippen LogP contribution in [0, 0.1) is 0 Å². The van der Waals surface area contributed by atoms with Crippen LogP contribution in [0.5, 0.6) is 0 Å². The first-order chi connectivity index (χ1) is 5.79. The minimum Gasteiger partial charge on any atom is -0.392 e. The highest BCUT2D eigenvalue weighted by atomic mass is 16.3. The molecule has 0 saturated heterocycles. The fourth-order valence-electron chi connectivity index (χ4n) is 1.92. The normalized spacial score (nSPS) is 29.5. The number of nitrogens with zero attached hydrogens (tertiary/aromatic N) is 3. The van der Waals surface area contributed by atoms with E-state index < -0.39 is 0 Å². The molecule has 1 N–H and O–H groups in total. The molecule has 66 valence electrons. The minimum atomic E-state index is -0.192. The van der Waals surface area contributed by atoms with Gasteiger partial charge in [0, 0.05) is 13.0 Å². The average molecular weight is 167 g/mol. The molecule has 1 aliphatic rings. The molecule has 4 heteroatoms. The number of aliphatic hydroxyl groups is 1. The summed E-state index contributed by atoms with van der Waals surface area (Å²) in [6.07, 6.45) is 4.64. The zero-order valence-electron chi connectivity index (χ0n) is 7.14. The topological polar surface area (TPSA) is 50.9 Å². The van der Waals surface area contributed by atoms with Crippen molar-refractivity contribution >= 4 is 0 Å². The Balaban J connectivity index is 2.24. The first-order valence-electron chi connectivity index (χ1n) is 4.31. The zero-order valence-corrected chi connectivity index (χ0v) is 7.14. The van der Waals surface area contributed by atoms with Crippen molar-refractivity contribution in [3.63, 3.8) is 0 Å². The van der Waals surface area contributed by atoms with Gasteiger partial charge < -0.3 is 5.11 Å². The number of rotatable bonds is 1. The van der Waals surface area contributed by atoms with Crippen molar-refractivity contribution in [3.8, 4) is 0 Å². The Morgan fingerprint density at radius 3 is 2.92 bits per heavy atom. The molecule has 1 aromatic rings. The minimum absolute atomic E-state index is 0.192. The molecular weight excluding hydrogens is 154 g/mol. The summed E-state index contributed by atoms with van der Waals surface area (Å²) in [4.78, 5) is 0. The summed E-state index contributed by atoms with van der Waals surface area (Å²) in [5.74, 6) is 0.255. The van der Waals surface area contributed by atoms with Gasteiger partial charge in [0.25, 0.3) is 0 Å². The van der Waals surface area contributed by atoms with Gasteiger partial charge in [-0.3, -0.25) is 4.68 Å². The summed E-state index contributed by atoms with van der Waals surface area (Å²) in [5.41, 5.74) is 1.06. The Bertz CT molecular complexity index is 271. The summed E-state index contributed by atoms with van der Waals surface area (Å²) in [6, 6.07) is 0. The fourth-order valence-corrected chi connectivity index (χ4v) is 1.92. The lowest BCUT2D eigenvalue weighted by molar-refractivity contribution is 0.160. The van der Waals surface area contributed by atoms with E-state index in [2.05, 4.69) is 10.3 Å². The van der Waals surface area contributed by atoms with Crippen molar-refractivity contribution in [2.45, 2.75) is 31.3 Å². The Morgan fingerprint density at radius 2 is 2.42 bits per heavy atom. The summed E-state index contributed by atoms with van der Waals surface area (Å²) < 4.78 is 1.75. The summed E-state index contributed by atoms with van der Waals surface area (Å²) >= 11 is 0. The van der Waals surface area contributed by atoms with Gasteiger partial charge in [0.05, 0.1) is 18.0 Å². The second-order valence-corrected chi connectivity index (χ2v) is 3.39. The monoisotopic (exact) mass is 167 g/mol. The maximum Gasteiger partial charge on any atom is 0.0728 e. The standard InChI is InChI=1S/C8H13N3O/c1-11-7(5-9-10-11)6-3-2-4-8(6)12/h5-6,8,12H,2-4H2,1H3. The lowest BCUT2D eigenvalue weighted by Crippen LogP contribution is -2.14. The average Bonchev–Trinajstić information content (AvgIpc) is 2.59. The van der Waals surface area contributed by atoms with Gasteiger partial charge in [-0.1, -0.05) is 11.6 Å². The highest BCUT2D eigenvalue weighted by molar-refractivity contribution is 5.07. The quantitative estimate of drug-likeness (QED) is 0.660. The van der Waals surface area contributed by atoms with Gasteiger partial charge in [0.2, 0.25) is 0 Å². The van der Waals surface area contributed by atoms with Crippen molar-refractivity contribution in [2.75, 3.05) is 0 Å². The van der Waals surface area contributed by atoms with Gasteiger partial charge >= 0.3 is 0 Å². The molecule has 2 unspecified atom stereocenters. The van der Waals surface area contributed by atoms with E-state index in [0.717, 1.165) is 25.0 Å². The fraction of sp³-hybridized carbons (Fsp3) is 0.750. The summed E-state index contributed by atoms with van der Waals surface area (Å²) in [7, 11) is 1.87. The molecule has 4 nitrogen and oxygen atoms in total. The van der Waals surface area contributed by atoms with Crippen LogP contribution >= 0.6 is 0 Å². The molecule has 0 bridgehead atoms. The number of aromatic nitrogens is 3. The highest BCUT2D eigenvalue weighted by Gasteiger charge is 2.28. The lowest BCUT2D eigenvalue weighted by atomic mass is 10.0. The van der Waals surface area contributed by atoms with Gasteiger partial charge in [0.15, 0.2) is 0 Å². The van der Waals surface area contributed by atoms with Crippen molar-refractivity contribution in [2.24, 2.45) is 7.05 Å². The van der Waals surface area contributed by atoms with Crippen LogP contribution in [0.4, 0.5) is 0 Å². The first-order valence-corrected chi connectivity index (χ1v) is 4.31. The van der Waals surface area contributed by atoms with Crippen LogP contribution in [-0.4, -0.2) is 26.2 Å². The Hall–Kier alpha value is -0.900. The SMILES string of the molecule is Cn1nncc1C1CCCC1O.